The van der Waals surface area contributed by atoms with Gasteiger partial charge in [-0.25, -0.2) is 4.79 Å². The van der Waals surface area contributed by atoms with Crippen LogP contribution in [0.2, 0.25) is 0 Å². The zero-order valence-electron chi connectivity index (χ0n) is 11.1. The van der Waals surface area contributed by atoms with Crippen LogP contribution in [0.1, 0.15) is 27.2 Å². The van der Waals surface area contributed by atoms with E-state index in [9.17, 15) is 24.3 Å². The Bertz CT molecular complexity index is 411. The molecule has 0 fully saturated rings. The van der Waals surface area contributed by atoms with E-state index < -0.39 is 41.3 Å². The van der Waals surface area contributed by atoms with Crippen molar-refractivity contribution in [1.82, 2.24) is 0 Å². The molecule has 0 aromatic carbocycles. The maximum Gasteiger partial charge on any atom is 0.337 e. The van der Waals surface area contributed by atoms with E-state index >= 15 is 0 Å². The number of methoxy groups -OCH3 is 1. The van der Waals surface area contributed by atoms with Crippen molar-refractivity contribution in [3.8, 4) is 0 Å². The average molecular weight is 276 g/mol. The van der Waals surface area contributed by atoms with Crippen molar-refractivity contribution in [2.45, 2.75) is 32.8 Å². The van der Waals surface area contributed by atoms with Gasteiger partial charge in [0.15, 0.2) is 5.60 Å². The third-order valence-electron chi connectivity index (χ3n) is 2.85. The third-order valence-corrected chi connectivity index (χ3v) is 2.85. The van der Waals surface area contributed by atoms with Gasteiger partial charge in [0.25, 0.3) is 0 Å². The van der Waals surface area contributed by atoms with Crippen LogP contribution in [0, 0.1) is 5.41 Å². The summed E-state index contributed by atoms with van der Waals surface area (Å²) in [5.41, 5.74) is -4.22. The van der Waals surface area contributed by atoms with Crippen LogP contribution >= 0.6 is 0 Å². The summed E-state index contributed by atoms with van der Waals surface area (Å²) in [5.74, 6) is -5.20. The van der Waals surface area contributed by atoms with Gasteiger partial charge in [-0.15, -0.1) is 0 Å². The summed E-state index contributed by atoms with van der Waals surface area (Å²) in [6, 6.07) is 0. The number of carboxylic acid groups (broad SMARTS) is 2. The van der Waals surface area contributed by atoms with E-state index in [1.807, 2.05) is 0 Å². The van der Waals surface area contributed by atoms with Crippen molar-refractivity contribution in [1.29, 1.82) is 0 Å². The monoisotopic (exact) mass is 276 g/mol. The van der Waals surface area contributed by atoms with Gasteiger partial charge in [0.2, 0.25) is 0 Å². The molecule has 0 heterocycles. The van der Waals surface area contributed by atoms with Crippen LogP contribution in [0.15, 0.2) is 0 Å². The molecule has 0 aliphatic heterocycles. The Balaban J connectivity index is 5.69. The topological polar surface area (TPSA) is 127 Å². The maximum atomic E-state index is 11.8. The predicted molar refractivity (Wildman–Crippen MR) is 60.2 cm³/mol. The van der Waals surface area contributed by atoms with Crippen LogP contribution in [0.4, 0.5) is 0 Å². The Morgan fingerprint density at radius 3 is 1.84 bits per heavy atom. The molecular formula is C11H16O8. The Labute approximate surface area is 109 Å². The third kappa shape index (κ3) is 3.28. The number of hydrogen-bond donors (Lipinski definition) is 2. The van der Waals surface area contributed by atoms with Crippen LogP contribution in [0.3, 0.4) is 0 Å². The molecule has 19 heavy (non-hydrogen) atoms. The fourth-order valence-corrected chi connectivity index (χ4v) is 1.61. The van der Waals surface area contributed by atoms with E-state index in [1.54, 1.807) is 0 Å². The molecule has 1 unspecified atom stereocenters. The summed E-state index contributed by atoms with van der Waals surface area (Å²) in [4.78, 5) is 44.7. The first-order chi connectivity index (χ1) is 8.51. The Morgan fingerprint density at radius 2 is 1.58 bits per heavy atom. The molecule has 0 bridgehead atoms. The van der Waals surface area contributed by atoms with Crippen molar-refractivity contribution in [2.24, 2.45) is 5.41 Å². The minimum Gasteiger partial charge on any atom is -0.481 e. The number of carbonyl (C=O) groups is 4. The predicted octanol–water partition coefficient (Wildman–Crippen LogP) is 0.0468. The van der Waals surface area contributed by atoms with E-state index in [4.69, 9.17) is 9.84 Å². The van der Waals surface area contributed by atoms with E-state index in [0.29, 0.717) is 0 Å². The summed E-state index contributed by atoms with van der Waals surface area (Å²) < 4.78 is 9.13. The Kier molecular flexibility index (Phi) is 5.19. The quantitative estimate of drug-likeness (QED) is 0.514. The van der Waals surface area contributed by atoms with Gasteiger partial charge in [-0.2, -0.15) is 0 Å². The number of esters is 2. The smallest absolute Gasteiger partial charge is 0.337 e. The average Bonchev–Trinajstić information content (AvgIpc) is 2.23. The highest BCUT2D eigenvalue weighted by Gasteiger charge is 2.59. The number of ether oxygens (including phenoxy) is 2. The van der Waals surface area contributed by atoms with Crippen molar-refractivity contribution in [3.63, 3.8) is 0 Å². The summed E-state index contributed by atoms with van der Waals surface area (Å²) in [5, 5.41) is 18.0. The minimum absolute atomic E-state index is 0.927. The zero-order valence-corrected chi connectivity index (χ0v) is 11.1. The Morgan fingerprint density at radius 1 is 1.11 bits per heavy atom. The van der Waals surface area contributed by atoms with Crippen molar-refractivity contribution >= 4 is 23.9 Å². The first-order valence-electron chi connectivity index (χ1n) is 5.24. The molecule has 8 heteroatoms. The molecule has 0 rings (SSSR count). The number of hydrogen-bond acceptors (Lipinski definition) is 6. The van der Waals surface area contributed by atoms with Gasteiger partial charge in [0.1, 0.15) is 5.41 Å². The first-order valence-corrected chi connectivity index (χ1v) is 5.24. The van der Waals surface area contributed by atoms with Crippen LogP contribution in [-0.2, 0) is 28.7 Å². The highest BCUT2D eigenvalue weighted by molar-refractivity contribution is 5.95. The number of carboxylic acids is 2. The number of rotatable bonds is 6. The normalized spacial score (nSPS) is 14.3. The largest absolute Gasteiger partial charge is 0.481 e. The van der Waals surface area contributed by atoms with Gasteiger partial charge < -0.3 is 19.7 Å². The van der Waals surface area contributed by atoms with Gasteiger partial charge in [-0.1, -0.05) is 0 Å². The zero-order chi connectivity index (χ0) is 15.4. The SMILES string of the molecule is COC(CC(=O)O)(C(=O)O)C(C)(C)C(=O)OC(C)=O. The van der Waals surface area contributed by atoms with Crippen LogP contribution < -0.4 is 0 Å². The molecule has 108 valence electrons. The Hall–Kier alpha value is -1.96. The van der Waals surface area contributed by atoms with Gasteiger partial charge in [0.05, 0.1) is 6.42 Å². The molecule has 0 aromatic heterocycles. The fraction of sp³-hybridized carbons (Fsp3) is 0.636. The molecule has 0 spiro atoms. The van der Waals surface area contributed by atoms with E-state index in [2.05, 4.69) is 4.74 Å². The molecule has 0 saturated carbocycles. The number of aliphatic carboxylic acids is 2. The standard InChI is InChI=1S/C11H16O8/c1-6(12)19-9(17)10(2,3)11(18-4,8(15)16)5-7(13)14/h5H2,1-4H3,(H,13,14)(H,15,16). The molecule has 0 aliphatic rings. The van der Waals surface area contributed by atoms with Gasteiger partial charge in [-0.3, -0.25) is 14.4 Å². The van der Waals surface area contributed by atoms with Crippen LogP contribution in [0.25, 0.3) is 0 Å². The second-order valence-corrected chi connectivity index (χ2v) is 4.41. The summed E-state index contributed by atoms with van der Waals surface area (Å²) >= 11 is 0. The fourth-order valence-electron chi connectivity index (χ4n) is 1.61. The maximum absolute atomic E-state index is 11.8. The lowest BCUT2D eigenvalue weighted by molar-refractivity contribution is -0.198. The van der Waals surface area contributed by atoms with Crippen LogP contribution in [-0.4, -0.2) is 46.8 Å². The molecule has 0 saturated heterocycles. The molecule has 0 radical (unpaired) electrons. The molecule has 0 amide bonds. The van der Waals surface area contributed by atoms with Gasteiger partial charge in [-0.05, 0) is 13.8 Å². The van der Waals surface area contributed by atoms with Crippen LogP contribution in [0.5, 0.6) is 0 Å². The molecule has 2 N–H and O–H groups in total. The summed E-state index contributed by atoms with van der Waals surface area (Å²) in [6.45, 7) is 3.25. The molecule has 0 aromatic rings. The summed E-state index contributed by atoms with van der Waals surface area (Å²) in [6.07, 6.45) is -0.959. The highest BCUT2D eigenvalue weighted by atomic mass is 16.6. The summed E-state index contributed by atoms with van der Waals surface area (Å²) in [7, 11) is 0.972. The lowest BCUT2D eigenvalue weighted by Crippen LogP contribution is -2.58. The second kappa shape index (κ2) is 5.79. The molecular weight excluding hydrogens is 260 g/mol. The van der Waals surface area contributed by atoms with E-state index in [-0.39, 0.29) is 0 Å². The van der Waals surface area contributed by atoms with Gasteiger partial charge in [0, 0.05) is 14.0 Å². The molecule has 0 aliphatic carbocycles. The minimum atomic E-state index is -2.34. The lowest BCUT2D eigenvalue weighted by atomic mass is 9.72. The lowest BCUT2D eigenvalue weighted by Gasteiger charge is -2.38. The second-order valence-electron chi connectivity index (χ2n) is 4.41. The van der Waals surface area contributed by atoms with Crippen molar-refractivity contribution in [3.05, 3.63) is 0 Å². The molecule has 1 atom stereocenters. The van der Waals surface area contributed by atoms with Gasteiger partial charge >= 0.3 is 23.9 Å². The first kappa shape index (κ1) is 17.0. The van der Waals surface area contributed by atoms with Crippen molar-refractivity contribution < 1.29 is 38.9 Å². The van der Waals surface area contributed by atoms with E-state index in [0.717, 1.165) is 27.9 Å². The number of carbonyl (C=O) groups excluding carboxylic acids is 2. The van der Waals surface area contributed by atoms with Crippen molar-refractivity contribution in [2.75, 3.05) is 7.11 Å². The van der Waals surface area contributed by atoms with E-state index in [1.165, 1.54) is 0 Å². The highest BCUT2D eigenvalue weighted by Crippen LogP contribution is 2.38. The molecule has 8 nitrogen and oxygen atoms in total.